The van der Waals surface area contributed by atoms with Crippen LogP contribution in [0.3, 0.4) is 0 Å². The fraction of sp³-hybridized carbons (Fsp3) is 0.308. The van der Waals surface area contributed by atoms with E-state index in [-0.39, 0.29) is 5.78 Å². The second kappa shape index (κ2) is 4.75. The summed E-state index contributed by atoms with van der Waals surface area (Å²) >= 11 is 3.35. The summed E-state index contributed by atoms with van der Waals surface area (Å²) in [7, 11) is 0. The van der Waals surface area contributed by atoms with Gasteiger partial charge in [0, 0.05) is 0 Å². The maximum Gasteiger partial charge on any atom is 0.172 e. The van der Waals surface area contributed by atoms with Crippen molar-refractivity contribution in [1.82, 2.24) is 0 Å². The molecule has 0 aromatic heterocycles. The molecule has 0 saturated carbocycles. The van der Waals surface area contributed by atoms with Gasteiger partial charge in [-0.3, -0.25) is 4.79 Å². The lowest BCUT2D eigenvalue weighted by molar-refractivity contribution is -0.115. The van der Waals surface area contributed by atoms with Crippen LogP contribution in [-0.2, 0) is 4.79 Å². The molecular weight excluding hydrogens is 252 g/mol. The smallest absolute Gasteiger partial charge is 0.172 e. The molecule has 0 saturated heterocycles. The Hall–Kier alpha value is -0.890. The van der Waals surface area contributed by atoms with Crippen molar-refractivity contribution in [3.8, 4) is 0 Å². The van der Waals surface area contributed by atoms with Gasteiger partial charge in [0.2, 0.25) is 0 Å². The number of hydrogen-bond acceptors (Lipinski definition) is 1. The number of halogens is 1. The molecule has 1 rings (SSSR count). The van der Waals surface area contributed by atoms with Crippen LogP contribution >= 0.6 is 15.9 Å². The van der Waals surface area contributed by atoms with Gasteiger partial charge in [-0.2, -0.15) is 0 Å². The normalized spacial score (nSPS) is 12.7. The summed E-state index contributed by atoms with van der Waals surface area (Å²) in [6.07, 6.45) is 1.68. The van der Waals surface area contributed by atoms with Gasteiger partial charge in [-0.05, 0) is 38.0 Å². The standard InChI is InChI=1S/C13H15BrO/c1-10(9-12(15)13(2,3)14)11-7-5-4-6-8-11/h4-9H,1-3H3/b10-9+. The predicted molar refractivity (Wildman–Crippen MR) is 68.1 cm³/mol. The van der Waals surface area contributed by atoms with E-state index in [9.17, 15) is 4.79 Å². The Balaban J connectivity index is 2.91. The molecule has 0 radical (unpaired) electrons. The molecule has 0 atom stereocenters. The number of carbonyl (C=O) groups is 1. The van der Waals surface area contributed by atoms with Crippen LogP contribution in [0.5, 0.6) is 0 Å². The van der Waals surface area contributed by atoms with E-state index in [4.69, 9.17) is 0 Å². The second-order valence-corrected chi connectivity index (χ2v) is 6.01. The highest BCUT2D eigenvalue weighted by molar-refractivity contribution is 9.10. The number of carbonyl (C=O) groups excluding carboxylic acids is 1. The number of allylic oxidation sites excluding steroid dienone is 2. The van der Waals surface area contributed by atoms with Gasteiger partial charge in [0.05, 0.1) is 4.32 Å². The van der Waals surface area contributed by atoms with Crippen molar-refractivity contribution < 1.29 is 4.79 Å². The van der Waals surface area contributed by atoms with Crippen LogP contribution in [0.2, 0.25) is 0 Å². The molecule has 1 nitrogen and oxygen atoms in total. The van der Waals surface area contributed by atoms with Crippen molar-refractivity contribution >= 4 is 27.3 Å². The highest BCUT2D eigenvalue weighted by Crippen LogP contribution is 2.21. The van der Waals surface area contributed by atoms with Gasteiger partial charge in [0.1, 0.15) is 0 Å². The van der Waals surface area contributed by atoms with Crippen LogP contribution in [0.4, 0.5) is 0 Å². The molecule has 0 spiro atoms. The Morgan fingerprint density at radius 2 is 1.80 bits per heavy atom. The number of benzene rings is 1. The van der Waals surface area contributed by atoms with E-state index >= 15 is 0 Å². The first kappa shape index (κ1) is 12.2. The van der Waals surface area contributed by atoms with Crippen LogP contribution in [0.15, 0.2) is 36.4 Å². The molecule has 0 fully saturated rings. The van der Waals surface area contributed by atoms with Gasteiger partial charge in [0.25, 0.3) is 0 Å². The Kier molecular flexibility index (Phi) is 3.86. The summed E-state index contributed by atoms with van der Waals surface area (Å²) in [4.78, 5) is 11.7. The van der Waals surface area contributed by atoms with E-state index < -0.39 is 4.32 Å². The van der Waals surface area contributed by atoms with E-state index in [0.717, 1.165) is 11.1 Å². The maximum absolute atomic E-state index is 11.7. The molecule has 0 aliphatic heterocycles. The van der Waals surface area contributed by atoms with Crippen LogP contribution in [0, 0.1) is 0 Å². The average molecular weight is 267 g/mol. The third kappa shape index (κ3) is 3.63. The Morgan fingerprint density at radius 1 is 1.27 bits per heavy atom. The molecule has 15 heavy (non-hydrogen) atoms. The van der Waals surface area contributed by atoms with Crippen molar-refractivity contribution in [2.45, 2.75) is 25.1 Å². The molecule has 0 unspecified atom stereocenters. The topological polar surface area (TPSA) is 17.1 Å². The minimum absolute atomic E-state index is 0.0869. The minimum atomic E-state index is -0.483. The van der Waals surface area contributed by atoms with E-state index in [2.05, 4.69) is 15.9 Å². The van der Waals surface area contributed by atoms with Gasteiger partial charge in [-0.15, -0.1) is 0 Å². The van der Waals surface area contributed by atoms with E-state index in [1.54, 1.807) is 6.08 Å². The lowest BCUT2D eigenvalue weighted by Crippen LogP contribution is -2.21. The first-order valence-corrected chi connectivity index (χ1v) is 5.67. The summed E-state index contributed by atoms with van der Waals surface area (Å²) in [5.74, 6) is 0.0869. The molecule has 80 valence electrons. The Bertz CT molecular complexity index is 371. The van der Waals surface area contributed by atoms with Crippen LogP contribution in [-0.4, -0.2) is 10.1 Å². The maximum atomic E-state index is 11.7. The van der Waals surface area contributed by atoms with E-state index in [1.807, 2.05) is 51.1 Å². The van der Waals surface area contributed by atoms with Crippen LogP contribution in [0.25, 0.3) is 5.57 Å². The molecule has 2 heteroatoms. The second-order valence-electron chi connectivity index (χ2n) is 4.03. The molecule has 0 N–H and O–H groups in total. The number of alkyl halides is 1. The fourth-order valence-electron chi connectivity index (χ4n) is 1.15. The molecule has 0 bridgehead atoms. The van der Waals surface area contributed by atoms with E-state index in [1.165, 1.54) is 0 Å². The number of ketones is 1. The SMILES string of the molecule is C/C(=C\C(=O)C(C)(C)Br)c1ccccc1. The van der Waals surface area contributed by atoms with Crippen molar-refractivity contribution in [2.75, 3.05) is 0 Å². The van der Waals surface area contributed by atoms with Gasteiger partial charge >= 0.3 is 0 Å². The Labute approximate surface area is 99.3 Å². The lowest BCUT2D eigenvalue weighted by atomic mass is 10.0. The summed E-state index contributed by atoms with van der Waals surface area (Å²) in [5.41, 5.74) is 2.08. The fourth-order valence-corrected chi connectivity index (χ4v) is 1.27. The number of rotatable bonds is 3. The quantitative estimate of drug-likeness (QED) is 0.600. The van der Waals surface area contributed by atoms with Gasteiger partial charge in [-0.1, -0.05) is 46.3 Å². The molecule has 0 amide bonds. The molecule has 1 aromatic carbocycles. The third-order valence-electron chi connectivity index (χ3n) is 2.16. The largest absolute Gasteiger partial charge is 0.293 e. The Morgan fingerprint density at radius 3 is 2.27 bits per heavy atom. The zero-order valence-corrected chi connectivity index (χ0v) is 10.8. The first-order valence-electron chi connectivity index (χ1n) is 4.88. The highest BCUT2D eigenvalue weighted by atomic mass is 79.9. The zero-order chi connectivity index (χ0) is 11.5. The third-order valence-corrected chi connectivity index (χ3v) is 2.55. The van der Waals surface area contributed by atoms with Gasteiger partial charge in [0.15, 0.2) is 5.78 Å². The van der Waals surface area contributed by atoms with Gasteiger partial charge in [-0.25, -0.2) is 0 Å². The summed E-state index contributed by atoms with van der Waals surface area (Å²) in [6, 6.07) is 9.90. The minimum Gasteiger partial charge on any atom is -0.293 e. The summed E-state index contributed by atoms with van der Waals surface area (Å²) in [6.45, 7) is 5.65. The summed E-state index contributed by atoms with van der Waals surface area (Å²) in [5, 5.41) is 0. The molecule has 0 aliphatic rings. The van der Waals surface area contributed by atoms with Crippen molar-refractivity contribution in [3.63, 3.8) is 0 Å². The van der Waals surface area contributed by atoms with Crippen molar-refractivity contribution in [1.29, 1.82) is 0 Å². The van der Waals surface area contributed by atoms with E-state index in [0.29, 0.717) is 0 Å². The monoisotopic (exact) mass is 266 g/mol. The van der Waals surface area contributed by atoms with Gasteiger partial charge < -0.3 is 0 Å². The van der Waals surface area contributed by atoms with Crippen LogP contribution in [0.1, 0.15) is 26.3 Å². The first-order chi connectivity index (χ1) is 6.91. The van der Waals surface area contributed by atoms with Crippen molar-refractivity contribution in [2.24, 2.45) is 0 Å². The molecular formula is C13H15BrO. The summed E-state index contributed by atoms with van der Waals surface area (Å²) < 4.78 is -0.483. The van der Waals surface area contributed by atoms with Crippen molar-refractivity contribution in [3.05, 3.63) is 42.0 Å². The highest BCUT2D eigenvalue weighted by Gasteiger charge is 2.21. The average Bonchev–Trinajstić information content (AvgIpc) is 2.17. The molecule has 1 aromatic rings. The lowest BCUT2D eigenvalue weighted by Gasteiger charge is -2.12. The zero-order valence-electron chi connectivity index (χ0n) is 9.25. The molecule has 0 aliphatic carbocycles. The predicted octanol–water partition coefficient (Wildman–Crippen LogP) is 3.83. The van der Waals surface area contributed by atoms with Crippen LogP contribution < -0.4 is 0 Å². The molecule has 0 heterocycles. The number of hydrogen-bond donors (Lipinski definition) is 0.